The molecule has 1 aliphatic heterocycles. The summed E-state index contributed by atoms with van der Waals surface area (Å²) in [6.45, 7) is 10.3. The van der Waals surface area contributed by atoms with E-state index < -0.39 is 12.1 Å². The number of likely N-dealkylation sites (N-methyl/N-ethyl adjacent to an activating group) is 1. The Bertz CT molecular complexity index is 1410. The van der Waals surface area contributed by atoms with Crippen molar-refractivity contribution in [3.8, 4) is 28.4 Å². The lowest BCUT2D eigenvalue weighted by atomic mass is 9.95. The lowest BCUT2D eigenvalue weighted by Gasteiger charge is -2.27. The molecule has 44 heavy (non-hydrogen) atoms. The molecule has 10 nitrogen and oxygen atoms in total. The number of rotatable bonds is 12. The number of methoxy groups -OCH3 is 3. The van der Waals surface area contributed by atoms with E-state index in [1.165, 1.54) is 6.92 Å². The van der Waals surface area contributed by atoms with Gasteiger partial charge in [-0.1, -0.05) is 33.3 Å². The molecule has 1 saturated heterocycles. The third-order valence-corrected chi connectivity index (χ3v) is 9.14. The number of hydrogen-bond donors (Lipinski definition) is 3. The van der Waals surface area contributed by atoms with E-state index >= 15 is 0 Å². The van der Waals surface area contributed by atoms with Gasteiger partial charge in [0.2, 0.25) is 23.0 Å². The van der Waals surface area contributed by atoms with Gasteiger partial charge in [0.05, 0.1) is 33.1 Å². The molecular formula is C34H48N4O6. The SMILES string of the molecule is CC[C@@H](C)[C@H](Nc1ccc2c(cc1=O)[C@@H](NC(C)=O)CCc1cc(OC)c(OC)c(OC)c1-2)C(=O)NCC1CCCN1CC. The fourth-order valence-corrected chi connectivity index (χ4v) is 6.57. The highest BCUT2D eigenvalue weighted by Gasteiger charge is 2.31. The normalized spacial score (nSPS) is 19.1. The molecule has 1 fully saturated rings. The number of anilines is 1. The first-order valence-electron chi connectivity index (χ1n) is 15.7. The summed E-state index contributed by atoms with van der Waals surface area (Å²) in [6, 6.07) is 6.43. The molecule has 1 aliphatic carbocycles. The molecular weight excluding hydrogens is 560 g/mol. The summed E-state index contributed by atoms with van der Waals surface area (Å²) >= 11 is 0. The zero-order valence-corrected chi connectivity index (χ0v) is 27.2. The van der Waals surface area contributed by atoms with Crippen molar-refractivity contribution in [2.75, 3.05) is 46.3 Å². The van der Waals surface area contributed by atoms with Gasteiger partial charge in [-0.25, -0.2) is 0 Å². The van der Waals surface area contributed by atoms with Gasteiger partial charge in [-0.05, 0) is 79.6 Å². The predicted octanol–water partition coefficient (Wildman–Crippen LogP) is 4.29. The third kappa shape index (κ3) is 6.96. The molecule has 1 unspecified atom stereocenters. The topological polar surface area (TPSA) is 118 Å². The number of likely N-dealkylation sites (tertiary alicyclic amines) is 1. The zero-order valence-electron chi connectivity index (χ0n) is 27.2. The van der Waals surface area contributed by atoms with Gasteiger partial charge < -0.3 is 30.2 Å². The van der Waals surface area contributed by atoms with E-state index in [1.807, 2.05) is 26.0 Å². The van der Waals surface area contributed by atoms with Crippen LogP contribution in [0.3, 0.4) is 0 Å². The molecule has 0 aromatic heterocycles. The van der Waals surface area contributed by atoms with Crippen molar-refractivity contribution in [2.24, 2.45) is 5.92 Å². The maximum atomic E-state index is 13.9. The van der Waals surface area contributed by atoms with Gasteiger partial charge in [-0.3, -0.25) is 19.3 Å². The number of hydrogen-bond acceptors (Lipinski definition) is 8. The monoisotopic (exact) mass is 608 g/mol. The highest BCUT2D eigenvalue weighted by atomic mass is 16.5. The van der Waals surface area contributed by atoms with Crippen molar-refractivity contribution in [3.63, 3.8) is 0 Å². The smallest absolute Gasteiger partial charge is 0.242 e. The van der Waals surface area contributed by atoms with E-state index in [1.54, 1.807) is 33.5 Å². The van der Waals surface area contributed by atoms with Crippen LogP contribution in [0.15, 0.2) is 29.1 Å². The maximum Gasteiger partial charge on any atom is 0.242 e. The van der Waals surface area contributed by atoms with E-state index in [-0.39, 0.29) is 23.2 Å². The van der Waals surface area contributed by atoms with Crippen molar-refractivity contribution in [1.29, 1.82) is 0 Å². The van der Waals surface area contributed by atoms with Crippen LogP contribution >= 0.6 is 0 Å². The first kappa shape index (κ1) is 33.1. The highest BCUT2D eigenvalue weighted by molar-refractivity contribution is 5.86. The molecule has 3 N–H and O–H groups in total. The number of benzene rings is 1. The second kappa shape index (κ2) is 14.8. The minimum Gasteiger partial charge on any atom is -0.493 e. The van der Waals surface area contributed by atoms with Gasteiger partial charge in [0.1, 0.15) is 6.04 Å². The average molecular weight is 609 g/mol. The number of ether oxygens (including phenoxy) is 3. The quantitative estimate of drug-likeness (QED) is 0.327. The number of nitrogens with one attached hydrogen (secondary N) is 3. The molecule has 4 atom stereocenters. The average Bonchev–Trinajstić information content (AvgIpc) is 3.36. The second-order valence-corrected chi connectivity index (χ2v) is 11.8. The molecule has 2 amide bonds. The molecule has 2 aromatic rings. The molecule has 2 aromatic carbocycles. The van der Waals surface area contributed by atoms with Crippen molar-refractivity contribution in [2.45, 2.75) is 77.9 Å². The summed E-state index contributed by atoms with van der Waals surface area (Å²) in [5.41, 5.74) is 3.20. The van der Waals surface area contributed by atoms with Crippen molar-refractivity contribution in [3.05, 3.63) is 45.6 Å². The number of fused-ring (bicyclic) bond motifs is 3. The van der Waals surface area contributed by atoms with Gasteiger partial charge >= 0.3 is 0 Å². The van der Waals surface area contributed by atoms with Gasteiger partial charge in [-0.2, -0.15) is 0 Å². The van der Waals surface area contributed by atoms with Crippen LogP contribution in [0.25, 0.3) is 11.1 Å². The summed E-state index contributed by atoms with van der Waals surface area (Å²) in [7, 11) is 4.70. The fraction of sp³-hybridized carbons (Fsp3) is 0.559. The molecule has 240 valence electrons. The summed E-state index contributed by atoms with van der Waals surface area (Å²) in [6.07, 6.45) is 4.14. The van der Waals surface area contributed by atoms with Crippen molar-refractivity contribution >= 4 is 17.5 Å². The van der Waals surface area contributed by atoms with Gasteiger partial charge in [0, 0.05) is 25.1 Å². The Balaban J connectivity index is 1.78. The minimum absolute atomic E-state index is 0.0201. The van der Waals surface area contributed by atoms with Crippen molar-refractivity contribution < 1.29 is 23.8 Å². The standard InChI is InChI=1S/C34H48N4O6/c1-8-20(3)31(34(41)35-19-23-11-10-16-38(23)9-2)37-27-15-13-24-25(18-28(27)40)26(36-21(4)39)14-12-22-17-29(42-5)32(43-6)33(44-7)30(22)24/h13,15,17-18,20,23,26,31H,8-12,14,16,19H2,1-7H3,(H,35,41)(H,36,39)(H,37,40)/t20-,23?,26+,31+/m1/s1. The summed E-state index contributed by atoms with van der Waals surface area (Å²) < 4.78 is 17.2. The van der Waals surface area contributed by atoms with Crippen LogP contribution in [0.2, 0.25) is 0 Å². The van der Waals surface area contributed by atoms with Crippen molar-refractivity contribution in [1.82, 2.24) is 15.5 Å². The van der Waals surface area contributed by atoms with E-state index in [9.17, 15) is 14.4 Å². The lowest BCUT2D eigenvalue weighted by molar-refractivity contribution is -0.123. The molecule has 10 heteroatoms. The fourth-order valence-electron chi connectivity index (χ4n) is 6.57. The second-order valence-electron chi connectivity index (χ2n) is 11.8. The zero-order chi connectivity index (χ0) is 32.0. The van der Waals surface area contributed by atoms with E-state index in [4.69, 9.17) is 14.2 Å². The Kier molecular flexibility index (Phi) is 11.1. The van der Waals surface area contributed by atoms with Gasteiger partial charge in [0.25, 0.3) is 0 Å². The first-order chi connectivity index (χ1) is 21.2. The van der Waals surface area contributed by atoms with Crippen LogP contribution in [-0.2, 0) is 16.0 Å². The van der Waals surface area contributed by atoms with Crippen LogP contribution in [0.4, 0.5) is 5.69 Å². The molecule has 0 radical (unpaired) electrons. The lowest BCUT2D eigenvalue weighted by Crippen LogP contribution is -2.48. The molecule has 0 spiro atoms. The summed E-state index contributed by atoms with van der Waals surface area (Å²) in [5.74, 6) is 1.15. The first-order valence-corrected chi connectivity index (χ1v) is 15.7. The largest absolute Gasteiger partial charge is 0.493 e. The van der Waals surface area contributed by atoms with Gasteiger partial charge in [0.15, 0.2) is 11.5 Å². The van der Waals surface area contributed by atoms with Crippen LogP contribution in [0, 0.1) is 5.92 Å². The van der Waals surface area contributed by atoms with E-state index in [2.05, 4.69) is 27.8 Å². The van der Waals surface area contributed by atoms with Gasteiger partial charge in [-0.15, -0.1) is 0 Å². The number of aryl methyl sites for hydroxylation is 1. The number of amides is 2. The molecule has 0 bridgehead atoms. The van der Waals surface area contributed by atoms with Crippen LogP contribution in [0.5, 0.6) is 17.2 Å². The highest BCUT2D eigenvalue weighted by Crippen LogP contribution is 2.50. The summed E-state index contributed by atoms with van der Waals surface area (Å²) in [4.78, 5) is 42.1. The Morgan fingerprint density at radius 2 is 1.80 bits per heavy atom. The Morgan fingerprint density at radius 3 is 2.43 bits per heavy atom. The summed E-state index contributed by atoms with van der Waals surface area (Å²) in [5, 5.41) is 9.50. The molecule has 0 saturated carbocycles. The van der Waals surface area contributed by atoms with Crippen LogP contribution in [0.1, 0.15) is 70.5 Å². The molecule has 2 aliphatic rings. The van der Waals surface area contributed by atoms with E-state index in [0.29, 0.717) is 53.9 Å². The molecule has 1 heterocycles. The Hall–Kier alpha value is -3.79. The number of carbonyl (C=O) groups excluding carboxylic acids is 2. The van der Waals surface area contributed by atoms with E-state index in [0.717, 1.165) is 49.0 Å². The molecule has 4 rings (SSSR count). The third-order valence-electron chi connectivity index (χ3n) is 9.14. The predicted molar refractivity (Wildman–Crippen MR) is 173 cm³/mol. The number of carbonyl (C=O) groups is 2. The van der Waals surface area contributed by atoms with Crippen LogP contribution in [-0.4, -0.2) is 69.8 Å². The van der Waals surface area contributed by atoms with Crippen LogP contribution < -0.4 is 35.6 Å². The minimum atomic E-state index is -0.594. The maximum absolute atomic E-state index is 13.9. The number of nitrogens with zero attached hydrogens (tertiary/aromatic N) is 1. The Labute approximate surface area is 260 Å². The Morgan fingerprint density at radius 1 is 1.05 bits per heavy atom.